The van der Waals surface area contributed by atoms with Gasteiger partial charge in [0.25, 0.3) is 0 Å². The van der Waals surface area contributed by atoms with Crippen molar-refractivity contribution in [3.63, 3.8) is 0 Å². The van der Waals surface area contributed by atoms with Crippen LogP contribution in [0.25, 0.3) is 0 Å². The lowest BCUT2D eigenvalue weighted by atomic mass is 9.98. The Balaban J connectivity index is 1.51. The summed E-state index contributed by atoms with van der Waals surface area (Å²) in [6, 6.07) is 1.71. The highest BCUT2D eigenvalue weighted by atomic mass is 19.1. The SMILES string of the molecule is CNC(=O)COC1COC2(CCN(Cc3ccncc3F)C2)C1. The third-order valence-electron chi connectivity index (χ3n) is 4.55. The molecular weight excluding hydrogens is 301 g/mol. The molecule has 2 aliphatic heterocycles. The molecule has 126 valence electrons. The van der Waals surface area contributed by atoms with Crippen molar-refractivity contribution in [1.29, 1.82) is 0 Å². The van der Waals surface area contributed by atoms with Crippen LogP contribution >= 0.6 is 0 Å². The molecule has 0 radical (unpaired) electrons. The van der Waals surface area contributed by atoms with Crippen LogP contribution in [-0.4, -0.2) is 60.8 Å². The molecule has 2 saturated heterocycles. The number of carbonyl (C=O) groups excluding carboxylic acids is 1. The highest BCUT2D eigenvalue weighted by Gasteiger charge is 2.45. The van der Waals surface area contributed by atoms with Gasteiger partial charge in [0.05, 0.1) is 24.5 Å². The molecule has 2 aliphatic rings. The second-order valence-corrected chi connectivity index (χ2v) is 6.23. The van der Waals surface area contributed by atoms with E-state index >= 15 is 0 Å². The van der Waals surface area contributed by atoms with E-state index in [1.165, 1.54) is 6.20 Å². The fourth-order valence-corrected chi connectivity index (χ4v) is 3.30. The number of halogens is 1. The number of amides is 1. The Morgan fingerprint density at radius 1 is 1.65 bits per heavy atom. The molecule has 0 aromatic carbocycles. The first-order valence-corrected chi connectivity index (χ1v) is 7.87. The first-order chi connectivity index (χ1) is 11.1. The lowest BCUT2D eigenvalue weighted by Gasteiger charge is -2.23. The van der Waals surface area contributed by atoms with Crippen LogP contribution in [0, 0.1) is 5.82 Å². The fourth-order valence-electron chi connectivity index (χ4n) is 3.30. The van der Waals surface area contributed by atoms with E-state index in [1.54, 1.807) is 19.3 Å². The zero-order valence-electron chi connectivity index (χ0n) is 13.3. The van der Waals surface area contributed by atoms with Gasteiger partial charge in [-0.15, -0.1) is 0 Å². The van der Waals surface area contributed by atoms with E-state index in [0.29, 0.717) is 18.7 Å². The highest BCUT2D eigenvalue weighted by Crippen LogP contribution is 2.36. The predicted molar refractivity (Wildman–Crippen MR) is 81.2 cm³/mol. The molecule has 1 amide bonds. The van der Waals surface area contributed by atoms with E-state index < -0.39 is 0 Å². The minimum Gasteiger partial charge on any atom is -0.371 e. The van der Waals surface area contributed by atoms with Gasteiger partial charge in [-0.3, -0.25) is 14.7 Å². The first kappa shape index (κ1) is 16.3. The maximum Gasteiger partial charge on any atom is 0.245 e. The Kier molecular flexibility index (Phi) is 4.89. The summed E-state index contributed by atoms with van der Waals surface area (Å²) in [5.74, 6) is -0.403. The van der Waals surface area contributed by atoms with Crippen LogP contribution in [0.2, 0.25) is 0 Å². The number of ether oxygens (including phenoxy) is 2. The van der Waals surface area contributed by atoms with Gasteiger partial charge >= 0.3 is 0 Å². The summed E-state index contributed by atoms with van der Waals surface area (Å²) in [5, 5.41) is 2.54. The van der Waals surface area contributed by atoms with Crippen LogP contribution in [0.3, 0.4) is 0 Å². The smallest absolute Gasteiger partial charge is 0.245 e. The van der Waals surface area contributed by atoms with Crippen molar-refractivity contribution in [2.75, 3.05) is 33.4 Å². The van der Waals surface area contributed by atoms with Crippen LogP contribution in [0.1, 0.15) is 18.4 Å². The second-order valence-electron chi connectivity index (χ2n) is 6.23. The molecule has 2 atom stereocenters. The standard InChI is InChI=1S/C16H22FN3O3/c1-18-15(21)10-22-13-6-16(23-9-13)3-5-20(11-16)8-12-2-4-19-7-14(12)17/h2,4,7,13H,3,5-6,8-11H2,1H3,(H,18,21). The maximum absolute atomic E-state index is 13.7. The van der Waals surface area contributed by atoms with Gasteiger partial charge in [0, 0.05) is 44.9 Å². The Morgan fingerprint density at radius 3 is 3.30 bits per heavy atom. The minimum absolute atomic E-state index is 0.0510. The summed E-state index contributed by atoms with van der Waals surface area (Å²) in [6.07, 6.45) is 4.48. The summed E-state index contributed by atoms with van der Waals surface area (Å²) in [7, 11) is 1.59. The summed E-state index contributed by atoms with van der Waals surface area (Å²) < 4.78 is 25.3. The number of likely N-dealkylation sites (tertiary alicyclic amines) is 1. The molecule has 0 bridgehead atoms. The molecule has 1 spiro atoms. The van der Waals surface area contributed by atoms with E-state index in [1.807, 2.05) is 0 Å². The van der Waals surface area contributed by atoms with E-state index in [2.05, 4.69) is 15.2 Å². The van der Waals surface area contributed by atoms with Gasteiger partial charge < -0.3 is 14.8 Å². The fraction of sp³-hybridized carbons (Fsp3) is 0.625. The number of carbonyl (C=O) groups is 1. The minimum atomic E-state index is -0.271. The van der Waals surface area contributed by atoms with Crippen molar-refractivity contribution < 1.29 is 18.7 Å². The number of hydrogen-bond acceptors (Lipinski definition) is 5. The molecule has 23 heavy (non-hydrogen) atoms. The van der Waals surface area contributed by atoms with Gasteiger partial charge in [-0.05, 0) is 12.5 Å². The molecule has 2 unspecified atom stereocenters. The van der Waals surface area contributed by atoms with Crippen molar-refractivity contribution in [2.45, 2.75) is 31.1 Å². The van der Waals surface area contributed by atoms with Gasteiger partial charge in [0.1, 0.15) is 12.4 Å². The van der Waals surface area contributed by atoms with Crippen LogP contribution < -0.4 is 5.32 Å². The Morgan fingerprint density at radius 2 is 2.52 bits per heavy atom. The average molecular weight is 323 g/mol. The van der Waals surface area contributed by atoms with Crippen LogP contribution in [0.4, 0.5) is 4.39 Å². The Hall–Kier alpha value is -1.57. The topological polar surface area (TPSA) is 63.7 Å². The van der Waals surface area contributed by atoms with Gasteiger partial charge in [0.15, 0.2) is 0 Å². The molecule has 0 aliphatic carbocycles. The quantitative estimate of drug-likeness (QED) is 0.865. The molecule has 0 saturated carbocycles. The molecule has 3 heterocycles. The van der Waals surface area contributed by atoms with Crippen molar-refractivity contribution in [2.24, 2.45) is 0 Å². The summed E-state index contributed by atoms with van der Waals surface area (Å²) in [5.41, 5.74) is 0.430. The van der Waals surface area contributed by atoms with Crippen molar-refractivity contribution in [3.8, 4) is 0 Å². The van der Waals surface area contributed by atoms with Crippen molar-refractivity contribution >= 4 is 5.91 Å². The summed E-state index contributed by atoms with van der Waals surface area (Å²) >= 11 is 0. The van der Waals surface area contributed by atoms with Crippen molar-refractivity contribution in [3.05, 3.63) is 29.8 Å². The predicted octanol–water partition coefficient (Wildman–Crippen LogP) is 0.717. The molecule has 2 fully saturated rings. The molecular formula is C16H22FN3O3. The first-order valence-electron chi connectivity index (χ1n) is 7.87. The van der Waals surface area contributed by atoms with E-state index in [-0.39, 0.29) is 30.0 Å². The number of rotatable bonds is 5. The van der Waals surface area contributed by atoms with Gasteiger partial charge in [-0.2, -0.15) is 0 Å². The number of aromatic nitrogens is 1. The molecule has 1 aromatic heterocycles. The zero-order valence-corrected chi connectivity index (χ0v) is 13.3. The molecule has 1 N–H and O–H groups in total. The number of nitrogens with one attached hydrogen (secondary N) is 1. The Labute approximate surface area is 135 Å². The van der Waals surface area contributed by atoms with E-state index in [4.69, 9.17) is 9.47 Å². The average Bonchev–Trinajstić information content (AvgIpc) is 3.14. The van der Waals surface area contributed by atoms with Gasteiger partial charge in [0.2, 0.25) is 5.91 Å². The van der Waals surface area contributed by atoms with E-state index in [9.17, 15) is 9.18 Å². The molecule has 3 rings (SSSR count). The molecule has 7 heteroatoms. The molecule has 1 aromatic rings. The van der Waals surface area contributed by atoms with Gasteiger partial charge in [-0.1, -0.05) is 0 Å². The van der Waals surface area contributed by atoms with Crippen LogP contribution in [-0.2, 0) is 20.8 Å². The van der Waals surface area contributed by atoms with Crippen molar-refractivity contribution in [1.82, 2.24) is 15.2 Å². The monoisotopic (exact) mass is 323 g/mol. The lowest BCUT2D eigenvalue weighted by Crippen LogP contribution is -2.33. The second kappa shape index (κ2) is 6.90. The maximum atomic E-state index is 13.7. The number of pyridine rings is 1. The summed E-state index contributed by atoms with van der Waals surface area (Å²) in [6.45, 7) is 2.75. The van der Waals surface area contributed by atoms with E-state index in [0.717, 1.165) is 25.9 Å². The zero-order chi connectivity index (χ0) is 16.3. The largest absolute Gasteiger partial charge is 0.371 e. The summed E-state index contributed by atoms with van der Waals surface area (Å²) in [4.78, 5) is 17.2. The third-order valence-corrected chi connectivity index (χ3v) is 4.55. The Bertz CT molecular complexity index is 571. The number of hydrogen-bond donors (Lipinski definition) is 1. The lowest BCUT2D eigenvalue weighted by molar-refractivity contribution is -0.127. The normalized spacial score (nSPS) is 27.7. The van der Waals surface area contributed by atoms with Crippen LogP contribution in [0.5, 0.6) is 0 Å². The van der Waals surface area contributed by atoms with Gasteiger partial charge in [-0.25, -0.2) is 4.39 Å². The number of likely N-dealkylation sites (N-methyl/N-ethyl adjacent to an activating group) is 1. The highest BCUT2D eigenvalue weighted by molar-refractivity contribution is 5.76. The molecule has 6 nitrogen and oxygen atoms in total. The number of nitrogens with zero attached hydrogens (tertiary/aromatic N) is 2. The van der Waals surface area contributed by atoms with Crippen LogP contribution in [0.15, 0.2) is 18.5 Å². The third kappa shape index (κ3) is 3.85.